The second kappa shape index (κ2) is 8.05. The first kappa shape index (κ1) is 19.0. The molecule has 1 aliphatic heterocycles. The van der Waals surface area contributed by atoms with Crippen molar-refractivity contribution in [1.29, 1.82) is 0 Å². The van der Waals surface area contributed by atoms with Gasteiger partial charge in [0.1, 0.15) is 23.5 Å². The lowest BCUT2D eigenvalue weighted by Crippen LogP contribution is -2.22. The largest absolute Gasteiger partial charge is 0.432 e. The molecular formula is C20H20FN7OS. The second-order valence-corrected chi connectivity index (χ2v) is 8.23. The van der Waals surface area contributed by atoms with Gasteiger partial charge in [-0.2, -0.15) is 4.98 Å². The fourth-order valence-electron chi connectivity index (χ4n) is 3.39. The molecule has 1 N–H and O–H groups in total. The minimum Gasteiger partial charge on any atom is -0.432 e. The third-order valence-corrected chi connectivity index (χ3v) is 5.90. The van der Waals surface area contributed by atoms with Crippen LogP contribution in [-0.4, -0.2) is 61.2 Å². The Kier molecular flexibility index (Phi) is 5.11. The summed E-state index contributed by atoms with van der Waals surface area (Å²) in [4.78, 5) is 13.6. The molecule has 4 aromatic rings. The van der Waals surface area contributed by atoms with Crippen LogP contribution in [0, 0.1) is 5.82 Å². The van der Waals surface area contributed by atoms with Crippen LogP contribution in [0.5, 0.6) is 0 Å². The maximum Gasteiger partial charge on any atom is 0.306 e. The van der Waals surface area contributed by atoms with Gasteiger partial charge in [0.05, 0.1) is 5.69 Å². The number of benzene rings is 1. The van der Waals surface area contributed by atoms with E-state index in [1.807, 2.05) is 10.5 Å². The molecule has 5 rings (SSSR count). The van der Waals surface area contributed by atoms with Crippen LogP contribution in [0.2, 0.25) is 0 Å². The van der Waals surface area contributed by atoms with Crippen molar-refractivity contribution in [3.05, 3.63) is 54.8 Å². The van der Waals surface area contributed by atoms with E-state index in [1.165, 1.54) is 12.1 Å². The Labute approximate surface area is 177 Å². The van der Waals surface area contributed by atoms with E-state index in [2.05, 4.69) is 30.9 Å². The van der Waals surface area contributed by atoms with Crippen molar-refractivity contribution < 1.29 is 8.81 Å². The predicted molar refractivity (Wildman–Crippen MR) is 114 cm³/mol. The molecule has 154 valence electrons. The van der Waals surface area contributed by atoms with Crippen molar-refractivity contribution in [3.8, 4) is 22.6 Å². The van der Waals surface area contributed by atoms with Crippen LogP contribution < -0.4 is 5.32 Å². The van der Waals surface area contributed by atoms with Crippen molar-refractivity contribution in [2.75, 3.05) is 38.5 Å². The Balaban J connectivity index is 1.42. The summed E-state index contributed by atoms with van der Waals surface area (Å²) in [6.07, 6.45) is 5.09. The molecule has 30 heavy (non-hydrogen) atoms. The third-order valence-electron chi connectivity index (χ3n) is 4.84. The minimum absolute atomic E-state index is 0.293. The van der Waals surface area contributed by atoms with Crippen LogP contribution in [0.4, 0.5) is 10.3 Å². The first-order chi connectivity index (χ1) is 14.7. The van der Waals surface area contributed by atoms with Crippen LogP contribution in [0.3, 0.4) is 0 Å². The average Bonchev–Trinajstić information content (AvgIpc) is 3.45. The number of rotatable bonds is 6. The molecule has 0 amide bonds. The van der Waals surface area contributed by atoms with E-state index in [9.17, 15) is 4.39 Å². The summed E-state index contributed by atoms with van der Waals surface area (Å²) in [5.41, 5.74) is 2.94. The Hall–Kier alpha value is -2.95. The molecule has 0 atom stereocenters. The predicted octanol–water partition coefficient (Wildman–Crippen LogP) is 3.41. The number of hydrogen-bond acceptors (Lipinski definition) is 8. The van der Waals surface area contributed by atoms with Gasteiger partial charge in [-0.15, -0.1) is 0 Å². The Bertz CT molecular complexity index is 1160. The summed E-state index contributed by atoms with van der Waals surface area (Å²) in [7, 11) is 2.09. The van der Waals surface area contributed by atoms with Crippen molar-refractivity contribution >= 4 is 23.9 Å². The lowest BCUT2D eigenvalue weighted by atomic mass is 10.1. The first-order valence-electron chi connectivity index (χ1n) is 9.60. The Morgan fingerprint density at radius 2 is 2.03 bits per heavy atom. The fraction of sp³-hybridized carbons (Fsp3) is 0.250. The van der Waals surface area contributed by atoms with Gasteiger partial charge in [0.2, 0.25) is 5.95 Å². The lowest BCUT2D eigenvalue weighted by Gasteiger charge is -2.14. The van der Waals surface area contributed by atoms with Gasteiger partial charge >= 0.3 is 5.84 Å². The Morgan fingerprint density at radius 1 is 1.17 bits per heavy atom. The standard InChI is InChI=1S/C20H20FN7OS/c1-26-10-11-27(30-26)9-8-23-19-22-7-6-16(24-19)18-17(14-2-4-15(21)5-3-14)25-20-28(18)12-13-29-20/h2-7,12-13H,8-11H2,1H3,(H,22,23,24). The van der Waals surface area contributed by atoms with Crippen molar-refractivity contribution in [1.82, 2.24) is 28.0 Å². The molecule has 0 unspecified atom stereocenters. The topological polar surface area (TPSA) is 74.7 Å². The smallest absolute Gasteiger partial charge is 0.306 e. The molecule has 0 radical (unpaired) electrons. The Morgan fingerprint density at radius 3 is 2.83 bits per heavy atom. The maximum absolute atomic E-state index is 13.4. The summed E-state index contributed by atoms with van der Waals surface area (Å²) < 4.78 is 25.2. The summed E-state index contributed by atoms with van der Waals surface area (Å²) in [6.45, 7) is 3.73. The molecule has 0 spiro atoms. The third kappa shape index (κ3) is 3.76. The molecule has 0 aliphatic carbocycles. The normalized spacial score (nSPS) is 15.3. The van der Waals surface area contributed by atoms with Crippen LogP contribution in [0.15, 0.2) is 53.4 Å². The molecule has 1 fully saturated rings. The van der Waals surface area contributed by atoms with Crippen LogP contribution >= 0.6 is 12.1 Å². The number of nitrogens with zero attached hydrogens (tertiary/aromatic N) is 6. The monoisotopic (exact) mass is 425 g/mol. The van der Waals surface area contributed by atoms with Gasteiger partial charge in [-0.1, -0.05) is 0 Å². The molecule has 1 aromatic carbocycles. The van der Waals surface area contributed by atoms with Crippen LogP contribution in [-0.2, 0) is 0 Å². The highest BCUT2D eigenvalue weighted by Crippen LogP contribution is 2.32. The van der Waals surface area contributed by atoms with Crippen molar-refractivity contribution in [2.45, 2.75) is 0 Å². The molecule has 8 nitrogen and oxygen atoms in total. The molecule has 4 heterocycles. The van der Waals surface area contributed by atoms with E-state index in [4.69, 9.17) is 9.40 Å². The fourth-order valence-corrected chi connectivity index (χ4v) is 4.29. The van der Waals surface area contributed by atoms with Gasteiger partial charge in [0.15, 0.2) is 0 Å². The van der Waals surface area contributed by atoms with Gasteiger partial charge in [0.25, 0.3) is 0 Å². The highest BCUT2D eigenvalue weighted by atomic mass is 32.2. The number of fused-ring (bicyclic) bond motifs is 1. The number of nitrogens with one attached hydrogen (secondary N) is 1. The van der Waals surface area contributed by atoms with Crippen LogP contribution in [0.25, 0.3) is 28.5 Å². The lowest BCUT2D eigenvalue weighted by molar-refractivity contribution is 0.501. The van der Waals surface area contributed by atoms with Gasteiger partial charge in [-0.05, 0) is 37.4 Å². The number of hydrogen-bond donors (Lipinski definition) is 1. The number of likely N-dealkylation sites (N-methyl/N-ethyl adjacent to an activating group) is 1. The average molecular weight is 425 g/mol. The van der Waals surface area contributed by atoms with E-state index in [0.29, 0.717) is 23.2 Å². The molecule has 0 saturated carbocycles. The highest BCUT2D eigenvalue weighted by molar-refractivity contribution is 7.94. The molecular weight excluding hydrogens is 405 g/mol. The zero-order valence-electron chi connectivity index (χ0n) is 16.3. The summed E-state index contributed by atoms with van der Waals surface area (Å²) in [6, 6.07) is 8.07. The summed E-state index contributed by atoms with van der Waals surface area (Å²) >= 11 is 1.74. The van der Waals surface area contributed by atoms with Crippen molar-refractivity contribution in [3.63, 3.8) is 0 Å². The summed E-state index contributed by atoms with van der Waals surface area (Å²) in [5, 5.41) is 3.30. The van der Waals surface area contributed by atoms with Crippen LogP contribution in [0.1, 0.15) is 0 Å². The number of anilines is 1. The van der Waals surface area contributed by atoms with Gasteiger partial charge < -0.3 is 9.73 Å². The molecule has 0 bridgehead atoms. The number of oxazole rings is 1. The van der Waals surface area contributed by atoms with E-state index in [1.54, 1.807) is 42.9 Å². The number of halogens is 1. The zero-order valence-corrected chi connectivity index (χ0v) is 17.1. The van der Waals surface area contributed by atoms with E-state index in [0.717, 1.165) is 37.4 Å². The van der Waals surface area contributed by atoms with Gasteiger partial charge in [-0.25, -0.2) is 23.0 Å². The molecule has 10 heteroatoms. The van der Waals surface area contributed by atoms with E-state index in [-0.39, 0.29) is 5.82 Å². The van der Waals surface area contributed by atoms with E-state index < -0.39 is 0 Å². The van der Waals surface area contributed by atoms with Gasteiger partial charge in [0, 0.05) is 56.3 Å². The quantitative estimate of drug-likeness (QED) is 0.471. The maximum atomic E-state index is 13.4. The molecule has 1 aliphatic rings. The molecule has 3 aromatic heterocycles. The second-order valence-electron chi connectivity index (χ2n) is 6.93. The van der Waals surface area contributed by atoms with E-state index >= 15 is 0 Å². The minimum atomic E-state index is -0.293. The SMILES string of the molecule is CN1CCN(CCNc2nccc(-c3c(-c4ccc(F)cc4)nc4occn34)n2)S1. The molecule has 1 saturated heterocycles. The number of imidazole rings is 1. The zero-order chi connectivity index (χ0) is 20.5. The number of aromatic nitrogens is 4. The summed E-state index contributed by atoms with van der Waals surface area (Å²) in [5.74, 6) is 0.709. The van der Waals surface area contributed by atoms with Crippen molar-refractivity contribution in [2.24, 2.45) is 0 Å². The van der Waals surface area contributed by atoms with Gasteiger partial charge in [-0.3, -0.25) is 4.40 Å². The first-order valence-corrected chi connectivity index (χ1v) is 10.3. The highest BCUT2D eigenvalue weighted by Gasteiger charge is 2.20.